The first-order valence-electron chi connectivity index (χ1n) is 4.04. The Balaban J connectivity index is 2.40. The summed E-state index contributed by atoms with van der Waals surface area (Å²) in [4.78, 5) is 6.20. The minimum absolute atomic E-state index is 0.137. The van der Waals surface area contributed by atoms with Crippen LogP contribution in [0.1, 0.15) is 6.92 Å². The molecule has 1 heterocycles. The predicted octanol–water partition coefficient (Wildman–Crippen LogP) is 0.493. The molecule has 0 aromatic rings. The van der Waals surface area contributed by atoms with Crippen LogP contribution < -0.4 is 5.32 Å². The third-order valence-corrected chi connectivity index (χ3v) is 1.98. The normalized spacial score (nSPS) is 19.2. The summed E-state index contributed by atoms with van der Waals surface area (Å²) in [7, 11) is 0. The average Bonchev–Trinajstić information content (AvgIpc) is 2.48. The summed E-state index contributed by atoms with van der Waals surface area (Å²) in [5.41, 5.74) is 0. The van der Waals surface area contributed by atoms with E-state index in [1.807, 2.05) is 11.8 Å². The Morgan fingerprint density at radius 1 is 1.83 bits per heavy atom. The third kappa shape index (κ3) is 2.27. The zero-order valence-corrected chi connectivity index (χ0v) is 8.02. The molecule has 0 aromatic carbocycles. The van der Waals surface area contributed by atoms with Gasteiger partial charge >= 0.3 is 0 Å². The van der Waals surface area contributed by atoms with Gasteiger partial charge in [-0.15, -0.1) is 0 Å². The van der Waals surface area contributed by atoms with E-state index in [1.165, 1.54) is 0 Å². The second kappa shape index (κ2) is 4.54. The van der Waals surface area contributed by atoms with Gasteiger partial charge in [-0.2, -0.15) is 12.6 Å². The van der Waals surface area contributed by atoms with Gasteiger partial charge in [-0.1, -0.05) is 0 Å². The smallest absolute Gasteiger partial charge is 0.195 e. The Morgan fingerprint density at radius 2 is 2.58 bits per heavy atom. The van der Waals surface area contributed by atoms with Crippen molar-refractivity contribution in [3.8, 4) is 0 Å². The van der Waals surface area contributed by atoms with Crippen molar-refractivity contribution in [2.24, 2.45) is 4.99 Å². The Hall–Kier alpha value is -0.450. The second-order valence-corrected chi connectivity index (χ2v) is 3.39. The maximum atomic E-state index is 11.8. The third-order valence-electron chi connectivity index (χ3n) is 1.70. The number of thiol groups is 1. The summed E-state index contributed by atoms with van der Waals surface area (Å²) >= 11 is 4.29. The molecule has 1 atom stereocenters. The summed E-state index contributed by atoms with van der Waals surface area (Å²) < 4.78 is 11.8. The molecular formula is C7H14FN3S. The molecule has 0 bridgehead atoms. The fourth-order valence-corrected chi connectivity index (χ4v) is 1.37. The highest BCUT2D eigenvalue weighted by molar-refractivity contribution is 7.80. The molecule has 0 aromatic heterocycles. The number of alkyl halides is 1. The van der Waals surface area contributed by atoms with Crippen LogP contribution >= 0.6 is 12.6 Å². The average molecular weight is 191 g/mol. The molecule has 0 saturated carbocycles. The van der Waals surface area contributed by atoms with E-state index in [1.54, 1.807) is 0 Å². The van der Waals surface area contributed by atoms with E-state index in [9.17, 15) is 4.39 Å². The molecule has 0 saturated heterocycles. The first-order chi connectivity index (χ1) is 5.75. The molecule has 3 nitrogen and oxygen atoms in total. The van der Waals surface area contributed by atoms with Gasteiger partial charge in [0.2, 0.25) is 0 Å². The number of hydrogen-bond donors (Lipinski definition) is 2. The van der Waals surface area contributed by atoms with Crippen LogP contribution in [0.2, 0.25) is 0 Å². The lowest BCUT2D eigenvalue weighted by Gasteiger charge is -2.23. The van der Waals surface area contributed by atoms with Crippen LogP contribution in [0, 0.1) is 0 Å². The van der Waals surface area contributed by atoms with Gasteiger partial charge in [0.25, 0.3) is 0 Å². The van der Waals surface area contributed by atoms with Crippen LogP contribution in [-0.2, 0) is 0 Å². The zero-order chi connectivity index (χ0) is 8.97. The molecule has 0 amide bonds. The zero-order valence-electron chi connectivity index (χ0n) is 7.13. The standard InChI is InChI=1S/C7H14FN3S/c1-6(12)11-5-4-10-7(11)9-3-2-8/h6,12H,2-5H2,1H3,(H,9,10). The van der Waals surface area contributed by atoms with Gasteiger partial charge in [-0.25, -0.2) is 4.39 Å². The van der Waals surface area contributed by atoms with Crippen molar-refractivity contribution >= 4 is 18.6 Å². The van der Waals surface area contributed by atoms with E-state index in [0.29, 0.717) is 6.54 Å². The number of rotatable bonds is 3. The predicted molar refractivity (Wildman–Crippen MR) is 51.4 cm³/mol. The maximum Gasteiger partial charge on any atom is 0.195 e. The van der Waals surface area contributed by atoms with E-state index in [4.69, 9.17) is 0 Å². The highest BCUT2D eigenvalue weighted by Gasteiger charge is 2.18. The van der Waals surface area contributed by atoms with Crippen molar-refractivity contribution in [3.63, 3.8) is 0 Å². The number of hydrogen-bond acceptors (Lipinski definition) is 4. The summed E-state index contributed by atoms with van der Waals surface area (Å²) in [5, 5.41) is 3.05. The van der Waals surface area contributed by atoms with Gasteiger partial charge in [0.05, 0.1) is 11.9 Å². The molecule has 1 unspecified atom stereocenters. The Labute approximate surface area is 77.4 Å². The molecule has 1 N–H and O–H groups in total. The van der Waals surface area contributed by atoms with Gasteiger partial charge in [0.1, 0.15) is 6.67 Å². The van der Waals surface area contributed by atoms with Crippen molar-refractivity contribution in [3.05, 3.63) is 0 Å². The molecule has 0 fully saturated rings. The SMILES string of the molecule is CC(S)N1CCN=C1NCCF. The van der Waals surface area contributed by atoms with Crippen molar-refractivity contribution in [1.82, 2.24) is 10.2 Å². The molecule has 70 valence electrons. The summed E-state index contributed by atoms with van der Waals surface area (Å²) in [6, 6.07) is 0. The highest BCUT2D eigenvalue weighted by atomic mass is 32.1. The molecule has 0 aliphatic carbocycles. The lowest BCUT2D eigenvalue weighted by molar-refractivity contribution is 0.428. The fourth-order valence-electron chi connectivity index (χ4n) is 1.14. The first kappa shape index (κ1) is 9.64. The minimum atomic E-state index is -0.367. The lowest BCUT2D eigenvalue weighted by atomic mass is 10.5. The molecule has 12 heavy (non-hydrogen) atoms. The van der Waals surface area contributed by atoms with E-state index in [-0.39, 0.29) is 12.0 Å². The molecular weight excluding hydrogens is 177 g/mol. The van der Waals surface area contributed by atoms with Crippen LogP contribution in [0.3, 0.4) is 0 Å². The Morgan fingerprint density at radius 3 is 3.17 bits per heavy atom. The second-order valence-electron chi connectivity index (χ2n) is 2.65. The number of halogens is 1. The summed E-state index contributed by atoms with van der Waals surface area (Å²) in [5.74, 6) is 0.773. The van der Waals surface area contributed by atoms with Crippen molar-refractivity contribution < 1.29 is 4.39 Å². The van der Waals surface area contributed by atoms with Crippen molar-refractivity contribution in [1.29, 1.82) is 0 Å². The van der Waals surface area contributed by atoms with Crippen LogP contribution in [0.4, 0.5) is 4.39 Å². The molecule has 5 heteroatoms. The first-order valence-corrected chi connectivity index (χ1v) is 4.56. The molecule has 1 aliphatic rings. The quantitative estimate of drug-likeness (QED) is 0.635. The van der Waals surface area contributed by atoms with Gasteiger partial charge in [0.15, 0.2) is 5.96 Å². The molecule has 0 spiro atoms. The summed E-state index contributed by atoms with van der Waals surface area (Å²) in [6.45, 7) is 3.59. The Kier molecular flexibility index (Phi) is 3.65. The summed E-state index contributed by atoms with van der Waals surface area (Å²) in [6.07, 6.45) is 0. The monoisotopic (exact) mass is 191 g/mol. The Bertz CT molecular complexity index is 172. The van der Waals surface area contributed by atoms with Gasteiger partial charge in [0, 0.05) is 13.1 Å². The fraction of sp³-hybridized carbons (Fsp3) is 0.857. The number of nitrogens with one attached hydrogen (secondary N) is 1. The van der Waals surface area contributed by atoms with Gasteiger partial charge in [-0.05, 0) is 6.92 Å². The van der Waals surface area contributed by atoms with E-state index in [2.05, 4.69) is 22.9 Å². The van der Waals surface area contributed by atoms with Crippen LogP contribution in [0.5, 0.6) is 0 Å². The maximum absolute atomic E-state index is 11.8. The number of nitrogens with zero attached hydrogens (tertiary/aromatic N) is 2. The molecule has 1 aliphatic heterocycles. The van der Waals surface area contributed by atoms with Crippen molar-refractivity contribution in [2.45, 2.75) is 12.3 Å². The minimum Gasteiger partial charge on any atom is -0.354 e. The van der Waals surface area contributed by atoms with Crippen molar-refractivity contribution in [2.75, 3.05) is 26.3 Å². The van der Waals surface area contributed by atoms with E-state index in [0.717, 1.165) is 19.0 Å². The van der Waals surface area contributed by atoms with E-state index < -0.39 is 0 Å². The molecule has 0 radical (unpaired) electrons. The van der Waals surface area contributed by atoms with Crippen LogP contribution in [0.15, 0.2) is 4.99 Å². The van der Waals surface area contributed by atoms with Gasteiger partial charge in [-0.3, -0.25) is 4.99 Å². The number of aliphatic imine (C=N–C) groups is 1. The topological polar surface area (TPSA) is 27.6 Å². The largest absolute Gasteiger partial charge is 0.354 e. The number of guanidine groups is 1. The molecule has 1 rings (SSSR count). The van der Waals surface area contributed by atoms with Gasteiger partial charge < -0.3 is 10.2 Å². The highest BCUT2D eigenvalue weighted by Crippen LogP contribution is 2.07. The van der Waals surface area contributed by atoms with Crippen LogP contribution in [0.25, 0.3) is 0 Å². The van der Waals surface area contributed by atoms with E-state index >= 15 is 0 Å². The van der Waals surface area contributed by atoms with Crippen LogP contribution in [-0.4, -0.2) is 42.5 Å². The lowest BCUT2D eigenvalue weighted by Crippen LogP contribution is -2.42.